The second-order valence-corrected chi connectivity index (χ2v) is 5.91. The molecule has 6 heteroatoms. The molecule has 1 aromatic carbocycles. The van der Waals surface area contributed by atoms with Crippen LogP contribution >= 0.6 is 11.6 Å². The minimum atomic E-state index is -0.824. The van der Waals surface area contributed by atoms with Crippen molar-refractivity contribution in [2.45, 2.75) is 31.9 Å². The summed E-state index contributed by atoms with van der Waals surface area (Å²) in [5.41, 5.74) is 1.08. The fourth-order valence-electron chi connectivity index (χ4n) is 2.10. The molecule has 2 aliphatic rings. The first-order valence-electron chi connectivity index (χ1n) is 7.17. The van der Waals surface area contributed by atoms with Crippen LogP contribution in [0.15, 0.2) is 23.8 Å². The smallest absolute Gasteiger partial charge is 0.338 e. The molecule has 5 nitrogen and oxygen atoms in total. The van der Waals surface area contributed by atoms with Gasteiger partial charge in [0.1, 0.15) is 12.4 Å². The summed E-state index contributed by atoms with van der Waals surface area (Å²) in [7, 11) is 0. The number of esters is 1. The Morgan fingerprint density at radius 2 is 2.18 bits per heavy atom. The fraction of sp³-hybridized carbons (Fsp3) is 0.375. The van der Waals surface area contributed by atoms with E-state index >= 15 is 0 Å². The zero-order chi connectivity index (χ0) is 15.7. The third-order valence-corrected chi connectivity index (χ3v) is 3.76. The lowest BCUT2D eigenvalue weighted by atomic mass is 10.1. The normalized spacial score (nSPS) is 17.6. The largest absolute Gasteiger partial charge is 0.488 e. The average molecular weight is 322 g/mol. The highest BCUT2D eigenvalue weighted by molar-refractivity contribution is 6.30. The molecule has 0 aromatic heterocycles. The van der Waals surface area contributed by atoms with Gasteiger partial charge in [-0.15, -0.1) is 0 Å². The second kappa shape index (κ2) is 6.01. The van der Waals surface area contributed by atoms with Crippen molar-refractivity contribution in [2.75, 3.05) is 6.61 Å². The Labute approximate surface area is 133 Å². The van der Waals surface area contributed by atoms with E-state index in [0.717, 1.165) is 18.4 Å². The van der Waals surface area contributed by atoms with Crippen molar-refractivity contribution >= 4 is 29.6 Å². The number of halogens is 1. The van der Waals surface area contributed by atoms with Gasteiger partial charge in [0.05, 0.1) is 5.57 Å². The van der Waals surface area contributed by atoms with E-state index in [1.165, 1.54) is 0 Å². The third-order valence-electron chi connectivity index (χ3n) is 3.52. The number of hydrogen-bond acceptors (Lipinski definition) is 4. The highest BCUT2D eigenvalue weighted by Gasteiger charge is 2.28. The van der Waals surface area contributed by atoms with Crippen molar-refractivity contribution in [3.05, 3.63) is 34.4 Å². The van der Waals surface area contributed by atoms with Crippen molar-refractivity contribution in [3.63, 3.8) is 0 Å². The van der Waals surface area contributed by atoms with Gasteiger partial charge < -0.3 is 14.8 Å². The number of ether oxygens (including phenoxy) is 2. The lowest BCUT2D eigenvalue weighted by molar-refractivity contribution is -0.151. The molecule has 22 heavy (non-hydrogen) atoms. The van der Waals surface area contributed by atoms with Crippen LogP contribution in [-0.4, -0.2) is 30.6 Å². The van der Waals surface area contributed by atoms with Crippen molar-refractivity contribution in [2.24, 2.45) is 0 Å². The Kier molecular flexibility index (Phi) is 4.07. The molecule has 3 rings (SSSR count). The van der Waals surface area contributed by atoms with Crippen LogP contribution in [0.5, 0.6) is 5.75 Å². The van der Waals surface area contributed by atoms with E-state index in [4.69, 9.17) is 21.1 Å². The van der Waals surface area contributed by atoms with Gasteiger partial charge >= 0.3 is 5.97 Å². The van der Waals surface area contributed by atoms with Crippen LogP contribution in [0.25, 0.3) is 6.08 Å². The lowest BCUT2D eigenvalue weighted by Gasteiger charge is -2.19. The van der Waals surface area contributed by atoms with E-state index in [0.29, 0.717) is 16.3 Å². The number of carbonyl (C=O) groups excluding carboxylic acids is 2. The zero-order valence-electron chi connectivity index (χ0n) is 12.1. The van der Waals surface area contributed by atoms with Crippen LogP contribution in [-0.2, 0) is 14.3 Å². The Morgan fingerprint density at radius 1 is 1.41 bits per heavy atom. The summed E-state index contributed by atoms with van der Waals surface area (Å²) in [6.45, 7) is 1.68. The Balaban J connectivity index is 1.66. The molecule has 1 aliphatic carbocycles. The molecule has 1 N–H and O–H groups in total. The Bertz CT molecular complexity index is 652. The molecule has 116 valence electrons. The highest BCUT2D eigenvalue weighted by Crippen LogP contribution is 2.29. The van der Waals surface area contributed by atoms with Gasteiger partial charge in [-0.2, -0.15) is 0 Å². The maximum atomic E-state index is 12.1. The number of nitrogens with one attached hydrogen (secondary N) is 1. The standard InChI is InChI=1S/C16H16ClNO4/c1-9(15(19)18-13-3-4-13)22-16(20)11-6-10-7-12(17)2-5-14(10)21-8-11/h2,5-7,9,13H,3-4,8H2,1H3,(H,18,19). The first kappa shape index (κ1) is 14.9. The van der Waals surface area contributed by atoms with Crippen LogP contribution in [0, 0.1) is 0 Å². The summed E-state index contributed by atoms with van der Waals surface area (Å²) in [6, 6.07) is 5.43. The zero-order valence-corrected chi connectivity index (χ0v) is 12.9. The molecule has 1 aliphatic heterocycles. The first-order chi connectivity index (χ1) is 10.5. The first-order valence-corrected chi connectivity index (χ1v) is 7.55. The quantitative estimate of drug-likeness (QED) is 0.864. The van der Waals surface area contributed by atoms with Crippen molar-refractivity contribution in [1.82, 2.24) is 5.32 Å². The van der Waals surface area contributed by atoms with Gasteiger partial charge in [-0.05, 0) is 44.0 Å². The maximum Gasteiger partial charge on any atom is 0.338 e. The maximum absolute atomic E-state index is 12.1. The van der Waals surface area contributed by atoms with Crippen LogP contribution in [0.2, 0.25) is 5.02 Å². The van der Waals surface area contributed by atoms with Gasteiger partial charge in [-0.25, -0.2) is 4.79 Å². The highest BCUT2D eigenvalue weighted by atomic mass is 35.5. The van der Waals surface area contributed by atoms with Crippen LogP contribution < -0.4 is 10.1 Å². The predicted octanol–water partition coefficient (Wildman–Crippen LogP) is 2.33. The van der Waals surface area contributed by atoms with Gasteiger partial charge in [0.25, 0.3) is 5.91 Å². The third kappa shape index (κ3) is 3.42. The number of rotatable bonds is 4. The average Bonchev–Trinajstić information content (AvgIpc) is 3.30. The van der Waals surface area contributed by atoms with Gasteiger partial charge in [-0.1, -0.05) is 11.6 Å². The molecular weight excluding hydrogens is 306 g/mol. The van der Waals surface area contributed by atoms with Crippen LogP contribution in [0.3, 0.4) is 0 Å². The minimum absolute atomic E-state index is 0.116. The summed E-state index contributed by atoms with van der Waals surface area (Å²) in [5.74, 6) is -0.152. The monoisotopic (exact) mass is 321 g/mol. The Hall–Kier alpha value is -2.01. The SMILES string of the molecule is CC(OC(=O)C1=Cc2cc(Cl)ccc2OC1)C(=O)NC1CC1. The van der Waals surface area contributed by atoms with Crippen LogP contribution in [0.1, 0.15) is 25.3 Å². The van der Waals surface area contributed by atoms with E-state index in [1.807, 2.05) is 0 Å². The summed E-state index contributed by atoms with van der Waals surface area (Å²) < 4.78 is 10.7. The van der Waals surface area contributed by atoms with Gasteiger partial charge in [-0.3, -0.25) is 4.79 Å². The van der Waals surface area contributed by atoms with E-state index < -0.39 is 12.1 Å². The molecule has 1 fully saturated rings. The molecule has 0 saturated heterocycles. The number of carbonyl (C=O) groups is 2. The van der Waals surface area contributed by atoms with Gasteiger partial charge in [0.15, 0.2) is 6.10 Å². The number of fused-ring (bicyclic) bond motifs is 1. The van der Waals surface area contributed by atoms with E-state index in [1.54, 1.807) is 31.2 Å². The van der Waals surface area contributed by atoms with Crippen LogP contribution in [0.4, 0.5) is 0 Å². The topological polar surface area (TPSA) is 64.6 Å². The molecule has 0 spiro atoms. The summed E-state index contributed by atoms with van der Waals surface area (Å²) in [6.07, 6.45) is 2.83. The van der Waals surface area contributed by atoms with Crippen molar-refractivity contribution in [3.8, 4) is 5.75 Å². The molecule has 0 bridgehead atoms. The summed E-state index contributed by atoms with van der Waals surface area (Å²) in [5, 5.41) is 3.36. The molecule has 1 aromatic rings. The molecular formula is C16H16ClNO4. The molecule has 1 amide bonds. The number of amides is 1. The minimum Gasteiger partial charge on any atom is -0.488 e. The molecule has 1 heterocycles. The van der Waals surface area contributed by atoms with Crippen molar-refractivity contribution in [1.29, 1.82) is 0 Å². The summed E-state index contributed by atoms with van der Waals surface area (Å²) in [4.78, 5) is 23.9. The van der Waals surface area contributed by atoms with Gasteiger partial charge in [0, 0.05) is 16.6 Å². The number of benzene rings is 1. The van der Waals surface area contributed by atoms with E-state index in [-0.39, 0.29) is 18.6 Å². The van der Waals surface area contributed by atoms with Crippen molar-refractivity contribution < 1.29 is 19.1 Å². The number of hydrogen-bond donors (Lipinski definition) is 1. The summed E-state index contributed by atoms with van der Waals surface area (Å²) >= 11 is 5.93. The van der Waals surface area contributed by atoms with E-state index in [9.17, 15) is 9.59 Å². The molecule has 1 atom stereocenters. The lowest BCUT2D eigenvalue weighted by Crippen LogP contribution is -2.37. The predicted molar refractivity (Wildman–Crippen MR) is 81.6 cm³/mol. The molecule has 0 radical (unpaired) electrons. The fourth-order valence-corrected chi connectivity index (χ4v) is 2.28. The van der Waals surface area contributed by atoms with Gasteiger partial charge in [0.2, 0.25) is 0 Å². The molecule has 1 saturated carbocycles. The second-order valence-electron chi connectivity index (χ2n) is 5.47. The Morgan fingerprint density at radius 3 is 2.91 bits per heavy atom. The van der Waals surface area contributed by atoms with E-state index in [2.05, 4.69) is 5.32 Å². The molecule has 1 unspecified atom stereocenters.